The zero-order valence-corrected chi connectivity index (χ0v) is 7.74. The molecule has 0 saturated heterocycles. The van der Waals surface area contributed by atoms with Crippen molar-refractivity contribution in [3.63, 3.8) is 0 Å². The summed E-state index contributed by atoms with van der Waals surface area (Å²) < 4.78 is 11.0. The van der Waals surface area contributed by atoms with Crippen LogP contribution in [0.15, 0.2) is 12.7 Å². The molecule has 3 N–H and O–H groups in total. The third-order valence-electron chi connectivity index (χ3n) is 0.986. The van der Waals surface area contributed by atoms with E-state index in [0.29, 0.717) is 5.32 Å². The van der Waals surface area contributed by atoms with Crippen LogP contribution in [0.25, 0.3) is 0 Å². The standard InChI is InChI=1S/C6H11NO3Se/c1-2-3-11(10)4-5(7)6(8)9/h2,5H,1,3-4,7H2,(H,8,9)/t5-,11?/m0/s1. The zero-order chi connectivity index (χ0) is 8.85. The summed E-state index contributed by atoms with van der Waals surface area (Å²) >= 11 is -2.07. The molecule has 0 aliphatic heterocycles. The van der Waals surface area contributed by atoms with E-state index in [0.717, 1.165) is 0 Å². The van der Waals surface area contributed by atoms with Gasteiger partial charge in [-0.2, -0.15) is 0 Å². The molecule has 4 nitrogen and oxygen atoms in total. The fourth-order valence-electron chi connectivity index (χ4n) is 0.471. The molecule has 11 heavy (non-hydrogen) atoms. The van der Waals surface area contributed by atoms with Crippen molar-refractivity contribution < 1.29 is 13.7 Å². The van der Waals surface area contributed by atoms with Gasteiger partial charge in [-0.15, -0.1) is 0 Å². The van der Waals surface area contributed by atoms with Crippen LogP contribution in [0.5, 0.6) is 0 Å². The number of allylic oxidation sites excluding steroid dienone is 1. The molecule has 0 heterocycles. The van der Waals surface area contributed by atoms with Gasteiger partial charge in [0, 0.05) is 0 Å². The second-order valence-electron chi connectivity index (χ2n) is 2.01. The first kappa shape index (κ1) is 10.5. The molecule has 0 bridgehead atoms. The van der Waals surface area contributed by atoms with Crippen LogP contribution in [0.3, 0.4) is 0 Å². The molecule has 2 atom stereocenters. The number of hydrogen-bond acceptors (Lipinski definition) is 3. The van der Waals surface area contributed by atoms with Gasteiger partial charge in [0.25, 0.3) is 0 Å². The van der Waals surface area contributed by atoms with Gasteiger partial charge in [0.15, 0.2) is 0 Å². The number of carbonyl (C=O) groups is 1. The molecule has 1 unspecified atom stereocenters. The Kier molecular flexibility index (Phi) is 4.94. The summed E-state index contributed by atoms with van der Waals surface area (Å²) in [4.78, 5) is 10.2. The summed E-state index contributed by atoms with van der Waals surface area (Å²) in [6.45, 7) is 3.40. The molecule has 0 aromatic rings. The fraction of sp³-hybridized carbons (Fsp3) is 0.500. The van der Waals surface area contributed by atoms with Crippen LogP contribution in [0.4, 0.5) is 0 Å². The van der Waals surface area contributed by atoms with E-state index < -0.39 is 25.8 Å². The molecular weight excluding hydrogens is 213 g/mol. The van der Waals surface area contributed by atoms with Crippen molar-refractivity contribution in [2.45, 2.75) is 16.7 Å². The van der Waals surface area contributed by atoms with E-state index in [1.54, 1.807) is 0 Å². The maximum absolute atomic E-state index is 11.0. The number of carboxylic acid groups (broad SMARTS) is 1. The first-order valence-corrected chi connectivity index (χ1v) is 6.14. The molecule has 0 saturated carbocycles. The van der Waals surface area contributed by atoms with Gasteiger partial charge in [-0.25, -0.2) is 0 Å². The number of carboxylic acids is 1. The quantitative estimate of drug-likeness (QED) is 0.509. The molecular formula is C6H11NO3Se. The summed E-state index contributed by atoms with van der Waals surface area (Å²) in [6, 6.07) is -0.988. The summed E-state index contributed by atoms with van der Waals surface area (Å²) in [7, 11) is 0. The van der Waals surface area contributed by atoms with Gasteiger partial charge in [-0.3, -0.25) is 0 Å². The van der Waals surface area contributed by atoms with Gasteiger partial charge in [-0.1, -0.05) is 0 Å². The van der Waals surface area contributed by atoms with Gasteiger partial charge >= 0.3 is 68.6 Å². The second kappa shape index (κ2) is 5.18. The molecule has 0 spiro atoms. The maximum atomic E-state index is 11.0. The van der Waals surface area contributed by atoms with Crippen molar-refractivity contribution in [3.8, 4) is 0 Å². The van der Waals surface area contributed by atoms with E-state index in [-0.39, 0.29) is 5.32 Å². The van der Waals surface area contributed by atoms with Crippen molar-refractivity contribution in [2.75, 3.05) is 0 Å². The summed E-state index contributed by atoms with van der Waals surface area (Å²) in [5.74, 6) is -1.10. The second-order valence-corrected chi connectivity index (χ2v) is 5.25. The van der Waals surface area contributed by atoms with Crippen molar-refractivity contribution in [2.24, 2.45) is 5.73 Å². The van der Waals surface area contributed by atoms with E-state index >= 15 is 0 Å². The third kappa shape index (κ3) is 4.84. The summed E-state index contributed by atoms with van der Waals surface area (Å²) in [5.41, 5.74) is 5.15. The summed E-state index contributed by atoms with van der Waals surface area (Å²) in [5, 5.41) is 8.80. The van der Waals surface area contributed by atoms with Gasteiger partial charge in [0.05, 0.1) is 0 Å². The van der Waals surface area contributed by atoms with Crippen LogP contribution < -0.4 is 5.73 Å². The Morgan fingerprint density at radius 3 is 2.73 bits per heavy atom. The van der Waals surface area contributed by atoms with Gasteiger partial charge < -0.3 is 0 Å². The van der Waals surface area contributed by atoms with E-state index in [9.17, 15) is 8.63 Å². The molecule has 0 rings (SSSR count). The number of aliphatic carboxylic acids is 1. The van der Waals surface area contributed by atoms with Crippen molar-refractivity contribution >= 4 is 19.8 Å². The van der Waals surface area contributed by atoms with Crippen LogP contribution in [0.2, 0.25) is 10.6 Å². The Morgan fingerprint density at radius 1 is 1.82 bits per heavy atom. The predicted molar refractivity (Wildman–Crippen MR) is 41.9 cm³/mol. The average molecular weight is 224 g/mol. The van der Waals surface area contributed by atoms with Crippen LogP contribution in [0, 0.1) is 0 Å². The molecule has 5 heteroatoms. The summed E-state index contributed by atoms with van der Waals surface area (Å²) in [6.07, 6.45) is 1.52. The first-order chi connectivity index (χ1) is 5.07. The van der Waals surface area contributed by atoms with Gasteiger partial charge in [0.2, 0.25) is 0 Å². The SMILES string of the molecule is C=CC[Se](=O)C[C@H](N)C(=O)O. The molecule has 0 aromatic heterocycles. The number of nitrogens with two attached hydrogens (primary N) is 1. The fourth-order valence-corrected chi connectivity index (χ4v) is 2.45. The Balaban J connectivity index is 3.74. The molecule has 0 aliphatic carbocycles. The third-order valence-corrected chi connectivity index (χ3v) is 3.79. The predicted octanol–water partition coefficient (Wildman–Crippen LogP) is 0.00630. The Morgan fingerprint density at radius 2 is 2.36 bits per heavy atom. The first-order valence-electron chi connectivity index (χ1n) is 3.02. The topological polar surface area (TPSA) is 80.4 Å². The van der Waals surface area contributed by atoms with Crippen molar-refractivity contribution in [3.05, 3.63) is 12.7 Å². The van der Waals surface area contributed by atoms with E-state index in [1.807, 2.05) is 0 Å². The van der Waals surface area contributed by atoms with Crippen LogP contribution >= 0.6 is 0 Å². The number of hydrogen-bond donors (Lipinski definition) is 2. The normalized spacial score (nSPS) is 15.4. The van der Waals surface area contributed by atoms with E-state index in [4.69, 9.17) is 10.8 Å². The van der Waals surface area contributed by atoms with Crippen LogP contribution in [-0.2, 0) is 8.63 Å². The van der Waals surface area contributed by atoms with Crippen LogP contribution in [0.1, 0.15) is 0 Å². The molecule has 0 amide bonds. The van der Waals surface area contributed by atoms with E-state index in [1.165, 1.54) is 6.08 Å². The molecule has 0 aliphatic rings. The van der Waals surface area contributed by atoms with Gasteiger partial charge in [0.1, 0.15) is 0 Å². The average Bonchev–Trinajstić information content (AvgIpc) is 1.87. The molecule has 0 radical (unpaired) electrons. The Labute approximate surface area is 69.2 Å². The molecule has 0 fully saturated rings. The molecule has 0 aromatic carbocycles. The van der Waals surface area contributed by atoms with Crippen molar-refractivity contribution in [1.82, 2.24) is 0 Å². The minimum atomic E-state index is -2.07. The monoisotopic (exact) mass is 225 g/mol. The van der Waals surface area contributed by atoms with Gasteiger partial charge in [-0.05, 0) is 0 Å². The van der Waals surface area contributed by atoms with Crippen LogP contribution in [-0.4, -0.2) is 31.0 Å². The zero-order valence-electron chi connectivity index (χ0n) is 6.03. The Bertz CT molecular complexity index is 181. The Hall–Kier alpha value is -0.511. The molecule has 64 valence electrons. The van der Waals surface area contributed by atoms with E-state index in [2.05, 4.69) is 6.58 Å². The number of rotatable bonds is 5. The van der Waals surface area contributed by atoms with Crippen molar-refractivity contribution in [1.29, 1.82) is 0 Å². The minimum absolute atomic E-state index is 0.0847.